The van der Waals surface area contributed by atoms with Crippen molar-refractivity contribution in [3.63, 3.8) is 0 Å². The molecule has 29 heavy (non-hydrogen) atoms. The topological polar surface area (TPSA) is 99.9 Å². The number of carbonyl (C=O) groups is 2. The summed E-state index contributed by atoms with van der Waals surface area (Å²) in [5, 5.41) is 2.93. The van der Waals surface area contributed by atoms with E-state index in [0.29, 0.717) is 36.0 Å². The lowest BCUT2D eigenvalue weighted by Gasteiger charge is -2.25. The van der Waals surface area contributed by atoms with Crippen LogP contribution in [0.25, 0.3) is 0 Å². The molecule has 1 amide bonds. The first kappa shape index (κ1) is 20.5. The minimum atomic E-state index is -0.590. The van der Waals surface area contributed by atoms with E-state index in [9.17, 15) is 9.59 Å². The summed E-state index contributed by atoms with van der Waals surface area (Å²) >= 11 is 0. The van der Waals surface area contributed by atoms with E-state index in [2.05, 4.69) is 5.32 Å². The number of nitrogens with one attached hydrogen (secondary N) is 1. The number of esters is 1. The zero-order valence-corrected chi connectivity index (χ0v) is 16.9. The second-order valence-corrected chi connectivity index (χ2v) is 7.34. The van der Waals surface area contributed by atoms with Gasteiger partial charge in [0, 0.05) is 5.69 Å². The number of amides is 1. The van der Waals surface area contributed by atoms with Gasteiger partial charge < -0.3 is 25.3 Å². The largest absolute Gasteiger partial charge is 0.486 e. The van der Waals surface area contributed by atoms with Gasteiger partial charge in [0.25, 0.3) is 5.91 Å². The Labute approximate surface area is 170 Å². The Morgan fingerprint density at radius 2 is 1.83 bits per heavy atom. The molecule has 0 spiro atoms. The van der Waals surface area contributed by atoms with Crippen molar-refractivity contribution in [2.75, 3.05) is 25.6 Å². The standard InChI is InChI=1S/C22H26N2O5/c1-13(2)21(15-6-7-18-19(11-15)28-9-8-27-18)24-20(25)12-29-22(26)16-5-4-14(3)17(23)10-16/h4-7,10-11,13,21H,8-9,12,23H2,1-3H3,(H,24,25)/t21-/m1/s1. The molecule has 0 bridgehead atoms. The first-order valence-electron chi connectivity index (χ1n) is 9.57. The smallest absolute Gasteiger partial charge is 0.338 e. The molecule has 2 aromatic rings. The van der Waals surface area contributed by atoms with Crippen molar-refractivity contribution in [2.24, 2.45) is 5.92 Å². The number of fused-ring (bicyclic) bond motifs is 1. The van der Waals surface area contributed by atoms with Gasteiger partial charge in [-0.25, -0.2) is 4.79 Å². The van der Waals surface area contributed by atoms with Gasteiger partial charge in [-0.05, 0) is 48.2 Å². The molecule has 7 heteroatoms. The van der Waals surface area contributed by atoms with Gasteiger partial charge in [-0.1, -0.05) is 26.0 Å². The van der Waals surface area contributed by atoms with Crippen molar-refractivity contribution in [1.29, 1.82) is 0 Å². The number of anilines is 1. The van der Waals surface area contributed by atoms with Crippen LogP contribution in [0.4, 0.5) is 5.69 Å². The van der Waals surface area contributed by atoms with Crippen LogP contribution in [0.1, 0.15) is 41.4 Å². The molecular weight excluding hydrogens is 372 g/mol. The highest BCUT2D eigenvalue weighted by Gasteiger charge is 2.22. The fourth-order valence-electron chi connectivity index (χ4n) is 3.09. The number of aryl methyl sites for hydroxylation is 1. The summed E-state index contributed by atoms with van der Waals surface area (Å²) in [5.74, 6) is 0.505. The predicted octanol–water partition coefficient (Wildman–Crippen LogP) is 3.02. The van der Waals surface area contributed by atoms with E-state index >= 15 is 0 Å². The second-order valence-electron chi connectivity index (χ2n) is 7.34. The molecular formula is C22H26N2O5. The molecule has 0 radical (unpaired) electrons. The number of carbonyl (C=O) groups excluding carboxylic acids is 2. The summed E-state index contributed by atoms with van der Waals surface area (Å²) in [7, 11) is 0. The normalized spacial score (nSPS) is 13.7. The maximum absolute atomic E-state index is 12.4. The van der Waals surface area contributed by atoms with E-state index in [1.54, 1.807) is 18.2 Å². The second kappa shape index (κ2) is 8.86. The Morgan fingerprint density at radius 3 is 2.52 bits per heavy atom. The molecule has 1 atom stereocenters. The van der Waals surface area contributed by atoms with Crippen molar-refractivity contribution in [3.05, 3.63) is 53.1 Å². The predicted molar refractivity (Wildman–Crippen MR) is 109 cm³/mol. The summed E-state index contributed by atoms with van der Waals surface area (Å²) in [4.78, 5) is 24.6. The molecule has 0 aliphatic carbocycles. The van der Waals surface area contributed by atoms with Crippen LogP contribution in [0.2, 0.25) is 0 Å². The Balaban J connectivity index is 1.62. The van der Waals surface area contributed by atoms with Crippen LogP contribution in [0.5, 0.6) is 11.5 Å². The molecule has 3 rings (SSSR count). The van der Waals surface area contributed by atoms with Gasteiger partial charge in [-0.15, -0.1) is 0 Å². The Bertz CT molecular complexity index is 910. The van der Waals surface area contributed by atoms with Gasteiger partial charge in [0.2, 0.25) is 0 Å². The summed E-state index contributed by atoms with van der Waals surface area (Å²) in [6.45, 7) is 6.50. The molecule has 0 fully saturated rings. The zero-order chi connectivity index (χ0) is 21.0. The minimum absolute atomic E-state index is 0.120. The Hall–Kier alpha value is -3.22. The molecule has 0 saturated heterocycles. The van der Waals surface area contributed by atoms with Gasteiger partial charge in [0.1, 0.15) is 13.2 Å². The van der Waals surface area contributed by atoms with Crippen LogP contribution in [-0.4, -0.2) is 31.7 Å². The molecule has 2 aromatic carbocycles. The van der Waals surface area contributed by atoms with E-state index < -0.39 is 5.97 Å². The van der Waals surface area contributed by atoms with Crippen molar-refractivity contribution < 1.29 is 23.8 Å². The van der Waals surface area contributed by atoms with Gasteiger partial charge in [-0.2, -0.15) is 0 Å². The molecule has 0 aromatic heterocycles. The van der Waals surface area contributed by atoms with Crippen LogP contribution >= 0.6 is 0 Å². The maximum Gasteiger partial charge on any atom is 0.338 e. The first-order valence-corrected chi connectivity index (χ1v) is 9.57. The number of rotatable bonds is 6. The average Bonchev–Trinajstić information content (AvgIpc) is 2.71. The lowest BCUT2D eigenvalue weighted by atomic mass is 9.95. The fourth-order valence-corrected chi connectivity index (χ4v) is 3.09. The van der Waals surface area contributed by atoms with Crippen LogP contribution in [0.3, 0.4) is 0 Å². The number of hydrogen-bond acceptors (Lipinski definition) is 6. The first-order chi connectivity index (χ1) is 13.8. The molecule has 0 unspecified atom stereocenters. The molecule has 1 aliphatic heterocycles. The summed E-state index contributed by atoms with van der Waals surface area (Å²) in [6, 6.07) is 10.3. The maximum atomic E-state index is 12.4. The summed E-state index contributed by atoms with van der Waals surface area (Å²) in [5.41, 5.74) is 8.41. The van der Waals surface area contributed by atoms with Crippen LogP contribution < -0.4 is 20.5 Å². The van der Waals surface area contributed by atoms with Gasteiger partial charge in [0.05, 0.1) is 11.6 Å². The number of ether oxygens (including phenoxy) is 3. The SMILES string of the molecule is Cc1ccc(C(=O)OCC(=O)N[C@@H](c2ccc3c(c2)OCCO3)C(C)C)cc1N. The van der Waals surface area contributed by atoms with E-state index in [1.807, 2.05) is 39.0 Å². The minimum Gasteiger partial charge on any atom is -0.486 e. The Morgan fingerprint density at radius 1 is 1.10 bits per heavy atom. The fraction of sp³-hybridized carbons (Fsp3) is 0.364. The molecule has 0 saturated carbocycles. The van der Waals surface area contributed by atoms with Crippen LogP contribution in [-0.2, 0) is 9.53 Å². The number of nitrogens with two attached hydrogens (primary N) is 1. The number of hydrogen-bond donors (Lipinski definition) is 2. The average molecular weight is 398 g/mol. The monoisotopic (exact) mass is 398 g/mol. The molecule has 1 aliphatic rings. The quantitative estimate of drug-likeness (QED) is 0.573. The molecule has 3 N–H and O–H groups in total. The highest BCUT2D eigenvalue weighted by Crippen LogP contribution is 2.34. The highest BCUT2D eigenvalue weighted by molar-refractivity contribution is 5.92. The third-order valence-corrected chi connectivity index (χ3v) is 4.76. The Kier molecular flexibility index (Phi) is 6.26. The molecule has 7 nitrogen and oxygen atoms in total. The van der Waals surface area contributed by atoms with Gasteiger partial charge in [0.15, 0.2) is 18.1 Å². The molecule has 1 heterocycles. The lowest BCUT2D eigenvalue weighted by Crippen LogP contribution is -2.35. The third-order valence-electron chi connectivity index (χ3n) is 4.76. The van der Waals surface area contributed by atoms with E-state index in [1.165, 1.54) is 0 Å². The lowest BCUT2D eigenvalue weighted by molar-refractivity contribution is -0.125. The molecule has 154 valence electrons. The van der Waals surface area contributed by atoms with E-state index in [0.717, 1.165) is 11.1 Å². The van der Waals surface area contributed by atoms with Crippen molar-refractivity contribution >= 4 is 17.6 Å². The van der Waals surface area contributed by atoms with Crippen molar-refractivity contribution in [2.45, 2.75) is 26.8 Å². The summed E-state index contributed by atoms with van der Waals surface area (Å²) < 4.78 is 16.3. The van der Waals surface area contributed by atoms with Gasteiger partial charge in [-0.3, -0.25) is 4.79 Å². The number of benzene rings is 2. The van der Waals surface area contributed by atoms with Crippen molar-refractivity contribution in [3.8, 4) is 11.5 Å². The highest BCUT2D eigenvalue weighted by atomic mass is 16.6. The van der Waals surface area contributed by atoms with Crippen LogP contribution in [0, 0.1) is 12.8 Å². The summed E-state index contributed by atoms with van der Waals surface area (Å²) in [6.07, 6.45) is 0. The van der Waals surface area contributed by atoms with Gasteiger partial charge >= 0.3 is 5.97 Å². The van der Waals surface area contributed by atoms with E-state index in [4.69, 9.17) is 19.9 Å². The van der Waals surface area contributed by atoms with E-state index in [-0.39, 0.29) is 24.5 Å². The van der Waals surface area contributed by atoms with Crippen LogP contribution in [0.15, 0.2) is 36.4 Å². The zero-order valence-electron chi connectivity index (χ0n) is 16.9. The third kappa shape index (κ3) is 4.99. The van der Waals surface area contributed by atoms with Crippen molar-refractivity contribution in [1.82, 2.24) is 5.32 Å². The number of nitrogen functional groups attached to an aromatic ring is 1.